The van der Waals surface area contributed by atoms with E-state index in [-0.39, 0.29) is 24.8 Å². The molecule has 1 saturated heterocycles. The van der Waals surface area contributed by atoms with Crippen molar-refractivity contribution in [2.45, 2.75) is 20.1 Å². The van der Waals surface area contributed by atoms with E-state index in [1.807, 2.05) is 0 Å². The molecule has 0 spiro atoms. The number of nitrogens with one attached hydrogen (secondary N) is 1. The number of fused-ring (bicyclic) bond motifs is 1. The number of morpholine rings is 1. The van der Waals surface area contributed by atoms with E-state index >= 15 is 0 Å². The Hall–Kier alpha value is -1.82. The molecular weight excluding hydrogens is 431 g/mol. The minimum absolute atomic E-state index is 0. The monoisotopic (exact) mass is 462 g/mol. The van der Waals surface area contributed by atoms with Gasteiger partial charge in [-0.25, -0.2) is 0 Å². The first kappa shape index (κ1) is 25.4. The summed E-state index contributed by atoms with van der Waals surface area (Å²) >= 11 is 0. The van der Waals surface area contributed by atoms with Crippen LogP contribution >= 0.6 is 24.8 Å². The molecule has 1 N–H and O–H groups in total. The lowest BCUT2D eigenvalue weighted by atomic mass is 10.0. The van der Waals surface area contributed by atoms with Crippen molar-refractivity contribution in [2.24, 2.45) is 0 Å². The highest BCUT2D eigenvalue weighted by Gasteiger charge is 2.11. The molecule has 0 unspecified atom stereocenters. The third-order valence-electron chi connectivity index (χ3n) is 5.52. The Balaban J connectivity index is 0.00000171. The van der Waals surface area contributed by atoms with Gasteiger partial charge in [-0.15, -0.1) is 24.8 Å². The second-order valence-corrected chi connectivity index (χ2v) is 7.67. The van der Waals surface area contributed by atoms with Crippen molar-refractivity contribution in [2.75, 3.05) is 39.4 Å². The van der Waals surface area contributed by atoms with Gasteiger partial charge >= 0.3 is 0 Å². The molecule has 31 heavy (non-hydrogen) atoms. The molecular formula is C25H32Cl2N2O2. The second kappa shape index (κ2) is 12.9. The van der Waals surface area contributed by atoms with Crippen LogP contribution in [0.25, 0.3) is 10.8 Å². The van der Waals surface area contributed by atoms with E-state index in [4.69, 9.17) is 9.47 Å². The van der Waals surface area contributed by atoms with Crippen LogP contribution in [0, 0.1) is 6.92 Å². The molecule has 0 radical (unpaired) electrons. The zero-order valence-corrected chi connectivity index (χ0v) is 19.6. The third-order valence-corrected chi connectivity index (χ3v) is 5.52. The summed E-state index contributed by atoms with van der Waals surface area (Å²) in [4.78, 5) is 2.45. The van der Waals surface area contributed by atoms with Gasteiger partial charge in [0.05, 0.1) is 13.2 Å². The molecule has 1 aliphatic rings. The van der Waals surface area contributed by atoms with E-state index in [9.17, 15) is 0 Å². The Kier molecular flexibility index (Phi) is 10.6. The van der Waals surface area contributed by atoms with Gasteiger partial charge in [-0.2, -0.15) is 0 Å². The summed E-state index contributed by atoms with van der Waals surface area (Å²) in [7, 11) is 0. The average Bonchev–Trinajstić information content (AvgIpc) is 2.77. The van der Waals surface area contributed by atoms with Crippen LogP contribution in [0.5, 0.6) is 5.75 Å². The Morgan fingerprint density at radius 1 is 0.935 bits per heavy atom. The molecule has 168 valence electrons. The molecule has 0 aliphatic carbocycles. The number of aryl methyl sites for hydroxylation is 1. The van der Waals surface area contributed by atoms with E-state index in [0.29, 0.717) is 6.61 Å². The smallest absolute Gasteiger partial charge is 0.124 e. The van der Waals surface area contributed by atoms with Gasteiger partial charge in [-0.05, 0) is 29.3 Å². The molecule has 1 heterocycles. The summed E-state index contributed by atoms with van der Waals surface area (Å²) in [5, 5.41) is 6.13. The first-order chi connectivity index (χ1) is 14.3. The minimum Gasteiger partial charge on any atom is -0.489 e. The lowest BCUT2D eigenvalue weighted by Gasteiger charge is -2.26. The molecule has 0 bridgehead atoms. The fourth-order valence-electron chi connectivity index (χ4n) is 3.75. The molecule has 1 aliphatic heterocycles. The summed E-state index contributed by atoms with van der Waals surface area (Å²) in [5.74, 6) is 0.961. The zero-order chi connectivity index (χ0) is 19.9. The molecule has 0 amide bonds. The topological polar surface area (TPSA) is 33.7 Å². The van der Waals surface area contributed by atoms with Gasteiger partial charge in [0.25, 0.3) is 0 Å². The normalized spacial score (nSPS) is 14.0. The molecule has 0 aromatic heterocycles. The lowest BCUT2D eigenvalue weighted by molar-refractivity contribution is 0.0384. The highest BCUT2D eigenvalue weighted by molar-refractivity contribution is 5.87. The summed E-state index contributed by atoms with van der Waals surface area (Å²) in [6.07, 6.45) is 0. The van der Waals surface area contributed by atoms with Crippen LogP contribution in [-0.4, -0.2) is 44.3 Å². The van der Waals surface area contributed by atoms with E-state index in [2.05, 4.69) is 77.8 Å². The van der Waals surface area contributed by atoms with Crippen LogP contribution in [0.3, 0.4) is 0 Å². The van der Waals surface area contributed by atoms with Crippen LogP contribution in [0.1, 0.15) is 16.7 Å². The van der Waals surface area contributed by atoms with Crippen molar-refractivity contribution in [1.29, 1.82) is 0 Å². The Morgan fingerprint density at radius 3 is 2.45 bits per heavy atom. The third kappa shape index (κ3) is 7.09. The zero-order valence-electron chi connectivity index (χ0n) is 18.0. The van der Waals surface area contributed by atoms with Crippen molar-refractivity contribution in [3.05, 3.63) is 77.4 Å². The average molecular weight is 463 g/mol. The maximum atomic E-state index is 6.25. The van der Waals surface area contributed by atoms with Crippen molar-refractivity contribution in [1.82, 2.24) is 10.2 Å². The molecule has 0 atom stereocenters. The number of halogens is 2. The minimum atomic E-state index is 0. The molecule has 3 aromatic rings. The molecule has 3 aromatic carbocycles. The van der Waals surface area contributed by atoms with Gasteiger partial charge < -0.3 is 14.8 Å². The Labute approximate surface area is 197 Å². The molecule has 4 rings (SSSR count). The van der Waals surface area contributed by atoms with Gasteiger partial charge in [0.2, 0.25) is 0 Å². The lowest BCUT2D eigenvalue weighted by Crippen LogP contribution is -2.40. The van der Waals surface area contributed by atoms with Crippen molar-refractivity contribution < 1.29 is 9.47 Å². The first-order valence-electron chi connectivity index (χ1n) is 10.5. The fourth-order valence-corrected chi connectivity index (χ4v) is 3.75. The van der Waals surface area contributed by atoms with Crippen LogP contribution in [-0.2, 0) is 17.9 Å². The van der Waals surface area contributed by atoms with Gasteiger partial charge in [0, 0.05) is 38.3 Å². The van der Waals surface area contributed by atoms with Gasteiger partial charge in [0.1, 0.15) is 12.4 Å². The maximum absolute atomic E-state index is 6.25. The van der Waals surface area contributed by atoms with Crippen molar-refractivity contribution >= 4 is 35.6 Å². The summed E-state index contributed by atoms with van der Waals surface area (Å²) in [6.45, 7) is 9.25. The van der Waals surface area contributed by atoms with Crippen LogP contribution in [0.15, 0.2) is 60.7 Å². The number of rotatable bonds is 8. The fraction of sp³-hybridized carbons (Fsp3) is 0.360. The van der Waals surface area contributed by atoms with Crippen LogP contribution < -0.4 is 10.1 Å². The van der Waals surface area contributed by atoms with Crippen LogP contribution in [0.2, 0.25) is 0 Å². The van der Waals surface area contributed by atoms with Crippen molar-refractivity contribution in [3.63, 3.8) is 0 Å². The van der Waals surface area contributed by atoms with E-state index < -0.39 is 0 Å². The predicted molar refractivity (Wildman–Crippen MR) is 133 cm³/mol. The van der Waals surface area contributed by atoms with Gasteiger partial charge in [-0.3, -0.25) is 4.90 Å². The van der Waals surface area contributed by atoms with Crippen molar-refractivity contribution in [3.8, 4) is 5.75 Å². The number of benzene rings is 3. The second-order valence-electron chi connectivity index (χ2n) is 7.67. The number of hydrogen-bond donors (Lipinski definition) is 1. The Bertz CT molecular complexity index is 928. The maximum Gasteiger partial charge on any atom is 0.124 e. The summed E-state index contributed by atoms with van der Waals surface area (Å²) in [5.41, 5.74) is 3.69. The van der Waals surface area contributed by atoms with E-state index in [1.54, 1.807) is 0 Å². The van der Waals surface area contributed by atoms with E-state index in [1.165, 1.54) is 27.5 Å². The number of hydrogen-bond acceptors (Lipinski definition) is 4. The summed E-state index contributed by atoms with van der Waals surface area (Å²) in [6, 6.07) is 21.3. The van der Waals surface area contributed by atoms with E-state index in [0.717, 1.165) is 51.7 Å². The SMILES string of the molecule is Cc1ccc(COc2ccc3ccccc3c2CNCCN2CCOCC2)cc1.Cl.Cl. The highest BCUT2D eigenvalue weighted by Crippen LogP contribution is 2.28. The first-order valence-corrected chi connectivity index (χ1v) is 10.5. The van der Waals surface area contributed by atoms with Gasteiger partial charge in [0.15, 0.2) is 0 Å². The molecule has 1 fully saturated rings. The molecule has 0 saturated carbocycles. The standard InChI is InChI=1S/C25H30N2O2.2ClH/c1-20-6-8-21(9-7-20)19-29-25-11-10-22-4-2-3-5-23(22)24(25)18-26-12-13-27-14-16-28-17-15-27;;/h2-11,26H,12-19H2,1H3;2*1H. The molecule has 4 nitrogen and oxygen atoms in total. The van der Waals surface area contributed by atoms with Crippen LogP contribution in [0.4, 0.5) is 0 Å². The Morgan fingerprint density at radius 2 is 1.68 bits per heavy atom. The quantitative estimate of drug-likeness (QED) is 0.477. The summed E-state index contributed by atoms with van der Waals surface area (Å²) < 4.78 is 11.7. The molecule has 6 heteroatoms. The number of ether oxygens (including phenoxy) is 2. The largest absolute Gasteiger partial charge is 0.489 e. The number of nitrogens with zero attached hydrogens (tertiary/aromatic N) is 1. The van der Waals surface area contributed by atoms with Gasteiger partial charge in [-0.1, -0.05) is 60.2 Å². The predicted octanol–water partition coefficient (Wildman–Crippen LogP) is 4.99. The highest BCUT2D eigenvalue weighted by atomic mass is 35.5.